The summed E-state index contributed by atoms with van der Waals surface area (Å²) in [6.07, 6.45) is 0. The molecule has 0 aliphatic carbocycles. The van der Waals surface area contributed by atoms with E-state index in [0.717, 1.165) is 15.2 Å². The number of morpholine rings is 1. The first-order chi connectivity index (χ1) is 9.74. The molecule has 0 saturated carbocycles. The summed E-state index contributed by atoms with van der Waals surface area (Å²) in [5, 5.41) is 3.87. The van der Waals surface area contributed by atoms with Crippen LogP contribution in [0.2, 0.25) is 0 Å². The van der Waals surface area contributed by atoms with Gasteiger partial charge in [0.2, 0.25) is 0 Å². The van der Waals surface area contributed by atoms with E-state index in [2.05, 4.69) is 10.3 Å². The van der Waals surface area contributed by atoms with Gasteiger partial charge in [-0.05, 0) is 19.1 Å². The maximum Gasteiger partial charge on any atom is 0.318 e. The number of aromatic nitrogens is 1. The molecule has 1 aliphatic rings. The Morgan fingerprint density at radius 2 is 2.40 bits per heavy atom. The van der Waals surface area contributed by atoms with E-state index in [1.54, 1.807) is 11.3 Å². The van der Waals surface area contributed by atoms with E-state index in [-0.39, 0.29) is 12.1 Å². The van der Waals surface area contributed by atoms with Gasteiger partial charge in [-0.3, -0.25) is 0 Å². The predicted molar refractivity (Wildman–Crippen MR) is 78.8 cm³/mol. The lowest BCUT2D eigenvalue weighted by Gasteiger charge is -2.33. The van der Waals surface area contributed by atoms with Crippen molar-refractivity contribution in [3.8, 4) is 0 Å². The molecule has 1 aliphatic heterocycles. The van der Waals surface area contributed by atoms with E-state index in [9.17, 15) is 4.79 Å². The summed E-state index contributed by atoms with van der Waals surface area (Å²) in [7, 11) is 0. The molecule has 20 heavy (non-hydrogen) atoms. The summed E-state index contributed by atoms with van der Waals surface area (Å²) in [6.45, 7) is 4.33. The second-order valence-corrected chi connectivity index (χ2v) is 5.97. The maximum absolute atomic E-state index is 12.1. The van der Waals surface area contributed by atoms with Crippen molar-refractivity contribution in [3.05, 3.63) is 29.3 Å². The molecule has 5 nitrogen and oxygen atoms in total. The number of benzene rings is 1. The number of carbonyl (C=O) groups is 1. The largest absolute Gasteiger partial charge is 0.377 e. The van der Waals surface area contributed by atoms with Crippen LogP contribution in [0.1, 0.15) is 11.9 Å². The van der Waals surface area contributed by atoms with Gasteiger partial charge in [0.1, 0.15) is 5.01 Å². The van der Waals surface area contributed by atoms with Gasteiger partial charge in [-0.25, -0.2) is 9.78 Å². The number of nitrogens with zero attached hydrogens (tertiary/aromatic N) is 2. The first kappa shape index (κ1) is 13.3. The van der Waals surface area contributed by atoms with Gasteiger partial charge < -0.3 is 15.0 Å². The highest BCUT2D eigenvalue weighted by Crippen LogP contribution is 2.21. The summed E-state index contributed by atoms with van der Waals surface area (Å²) in [5.41, 5.74) is 0.987. The van der Waals surface area contributed by atoms with Gasteiger partial charge in [0.15, 0.2) is 0 Å². The highest BCUT2D eigenvalue weighted by Gasteiger charge is 2.23. The summed E-state index contributed by atoms with van der Waals surface area (Å²) in [5.74, 6) is 0. The molecule has 0 bridgehead atoms. The van der Waals surface area contributed by atoms with Gasteiger partial charge in [0.05, 0.1) is 36.0 Å². The number of para-hydroxylation sites is 1. The van der Waals surface area contributed by atoms with Gasteiger partial charge in [0.25, 0.3) is 0 Å². The predicted octanol–water partition coefficient (Wildman–Crippen LogP) is 2.23. The van der Waals surface area contributed by atoms with Crippen molar-refractivity contribution in [2.75, 3.05) is 19.8 Å². The zero-order valence-corrected chi connectivity index (χ0v) is 12.2. The summed E-state index contributed by atoms with van der Waals surface area (Å²) < 4.78 is 6.48. The molecule has 1 aromatic heterocycles. The lowest BCUT2D eigenvalue weighted by molar-refractivity contribution is 0.0190. The average Bonchev–Trinajstić information content (AvgIpc) is 2.88. The lowest BCUT2D eigenvalue weighted by Crippen LogP contribution is -2.51. The Morgan fingerprint density at radius 1 is 1.55 bits per heavy atom. The van der Waals surface area contributed by atoms with Crippen LogP contribution in [0.15, 0.2) is 24.3 Å². The van der Waals surface area contributed by atoms with Crippen LogP contribution < -0.4 is 5.32 Å². The molecule has 2 aromatic rings. The molecule has 1 aromatic carbocycles. The first-order valence-corrected chi connectivity index (χ1v) is 7.52. The van der Waals surface area contributed by atoms with Gasteiger partial charge in [0, 0.05) is 6.54 Å². The smallest absolute Gasteiger partial charge is 0.318 e. The van der Waals surface area contributed by atoms with Crippen LogP contribution in [0.25, 0.3) is 10.2 Å². The fourth-order valence-corrected chi connectivity index (χ4v) is 3.18. The van der Waals surface area contributed by atoms with E-state index in [1.807, 2.05) is 36.1 Å². The Hall–Kier alpha value is -1.66. The van der Waals surface area contributed by atoms with Crippen molar-refractivity contribution in [2.24, 2.45) is 0 Å². The molecule has 106 valence electrons. The van der Waals surface area contributed by atoms with Crippen LogP contribution in [-0.2, 0) is 11.3 Å². The number of fused-ring (bicyclic) bond motifs is 1. The molecule has 2 amide bonds. The van der Waals surface area contributed by atoms with Gasteiger partial charge >= 0.3 is 6.03 Å². The lowest BCUT2D eigenvalue weighted by atomic mass is 10.3. The number of ether oxygens (including phenoxy) is 1. The van der Waals surface area contributed by atoms with Gasteiger partial charge in [-0.15, -0.1) is 11.3 Å². The van der Waals surface area contributed by atoms with Crippen LogP contribution in [0.5, 0.6) is 0 Å². The number of urea groups is 1. The molecule has 1 fully saturated rings. The number of hydrogen-bond acceptors (Lipinski definition) is 4. The van der Waals surface area contributed by atoms with E-state index >= 15 is 0 Å². The highest BCUT2D eigenvalue weighted by molar-refractivity contribution is 7.18. The second kappa shape index (κ2) is 5.76. The van der Waals surface area contributed by atoms with E-state index in [1.165, 1.54) is 0 Å². The Morgan fingerprint density at radius 3 is 3.20 bits per heavy atom. The quantitative estimate of drug-likeness (QED) is 0.923. The number of hydrogen-bond donors (Lipinski definition) is 1. The van der Waals surface area contributed by atoms with Crippen molar-refractivity contribution in [1.29, 1.82) is 0 Å². The van der Waals surface area contributed by atoms with E-state index in [0.29, 0.717) is 26.3 Å². The van der Waals surface area contributed by atoms with Crippen LogP contribution in [0, 0.1) is 0 Å². The zero-order chi connectivity index (χ0) is 13.9. The standard InChI is InChI=1S/C14H17N3O2S/c1-10-9-19-7-6-17(10)14(18)15-8-13-16-11-4-2-3-5-12(11)20-13/h2-5,10H,6-9H2,1H3,(H,15,18). The van der Waals surface area contributed by atoms with Gasteiger partial charge in [-0.2, -0.15) is 0 Å². The zero-order valence-electron chi connectivity index (χ0n) is 11.3. The third-order valence-corrected chi connectivity index (χ3v) is 4.39. The number of thiazole rings is 1. The molecular formula is C14H17N3O2S. The summed E-state index contributed by atoms with van der Waals surface area (Å²) in [6, 6.07) is 8.08. The molecule has 0 spiro atoms. The molecule has 1 saturated heterocycles. The van der Waals surface area contributed by atoms with E-state index in [4.69, 9.17) is 4.74 Å². The van der Waals surface area contributed by atoms with Crippen molar-refractivity contribution in [1.82, 2.24) is 15.2 Å². The third-order valence-electron chi connectivity index (χ3n) is 3.36. The Balaban J connectivity index is 1.62. The van der Waals surface area contributed by atoms with Crippen molar-refractivity contribution in [3.63, 3.8) is 0 Å². The molecule has 6 heteroatoms. The summed E-state index contributed by atoms with van der Waals surface area (Å²) in [4.78, 5) is 18.5. The van der Waals surface area contributed by atoms with Crippen LogP contribution >= 0.6 is 11.3 Å². The molecule has 1 N–H and O–H groups in total. The number of carbonyl (C=O) groups excluding carboxylic acids is 1. The molecule has 2 heterocycles. The normalized spacial score (nSPS) is 19.2. The minimum Gasteiger partial charge on any atom is -0.377 e. The fraction of sp³-hybridized carbons (Fsp3) is 0.429. The molecular weight excluding hydrogens is 274 g/mol. The number of rotatable bonds is 2. The van der Waals surface area contributed by atoms with Crippen LogP contribution in [0.4, 0.5) is 4.79 Å². The fourth-order valence-electron chi connectivity index (χ4n) is 2.28. The molecule has 3 rings (SSSR count). The Bertz CT molecular complexity index is 580. The SMILES string of the molecule is CC1COCCN1C(=O)NCc1nc2ccccc2s1. The van der Waals surface area contributed by atoms with Crippen molar-refractivity contribution >= 4 is 27.6 Å². The summed E-state index contributed by atoms with van der Waals surface area (Å²) >= 11 is 1.62. The van der Waals surface area contributed by atoms with Crippen molar-refractivity contribution < 1.29 is 9.53 Å². The second-order valence-electron chi connectivity index (χ2n) is 4.85. The third kappa shape index (κ3) is 2.76. The van der Waals surface area contributed by atoms with Crippen LogP contribution in [-0.4, -0.2) is 41.7 Å². The van der Waals surface area contributed by atoms with Gasteiger partial charge in [-0.1, -0.05) is 12.1 Å². The average molecular weight is 291 g/mol. The maximum atomic E-state index is 12.1. The molecule has 0 radical (unpaired) electrons. The number of amides is 2. The van der Waals surface area contributed by atoms with Crippen molar-refractivity contribution in [2.45, 2.75) is 19.5 Å². The minimum atomic E-state index is -0.0416. The highest BCUT2D eigenvalue weighted by atomic mass is 32.1. The molecule has 1 atom stereocenters. The van der Waals surface area contributed by atoms with E-state index < -0.39 is 0 Å². The Labute approximate surface area is 121 Å². The topological polar surface area (TPSA) is 54.5 Å². The molecule has 1 unspecified atom stereocenters. The Kier molecular flexibility index (Phi) is 3.84. The monoisotopic (exact) mass is 291 g/mol. The minimum absolute atomic E-state index is 0.0416. The number of nitrogens with one attached hydrogen (secondary N) is 1. The van der Waals surface area contributed by atoms with Crippen LogP contribution in [0.3, 0.4) is 0 Å². The first-order valence-electron chi connectivity index (χ1n) is 6.71.